The number of hydrogen-bond acceptors (Lipinski definition) is 5. The Balaban J connectivity index is 2.65. The number of rotatable bonds is 2. The molecule has 0 saturated carbocycles. The number of nitrogens with one attached hydrogen (secondary N) is 1. The second-order valence-corrected chi connectivity index (χ2v) is 6.23. The third-order valence-corrected chi connectivity index (χ3v) is 3.63. The molecule has 0 fully saturated rings. The van der Waals surface area contributed by atoms with E-state index in [1.165, 1.54) is 6.33 Å². The Labute approximate surface area is 126 Å². The van der Waals surface area contributed by atoms with E-state index in [0.717, 1.165) is 20.8 Å². The van der Waals surface area contributed by atoms with Crippen molar-refractivity contribution in [3.05, 3.63) is 27.9 Å². The Morgan fingerprint density at radius 2 is 1.95 bits per heavy atom. The predicted molar refractivity (Wildman–Crippen MR) is 84.0 cm³/mol. The van der Waals surface area contributed by atoms with E-state index in [0.29, 0.717) is 5.82 Å². The van der Waals surface area contributed by atoms with Gasteiger partial charge in [-0.15, -0.1) is 0 Å². The van der Waals surface area contributed by atoms with Gasteiger partial charge in [0, 0.05) is 18.7 Å². The Bertz CT molecular complexity index is 578. The largest absolute Gasteiger partial charge is 0.372 e. The van der Waals surface area contributed by atoms with Gasteiger partial charge >= 0.3 is 0 Å². The van der Waals surface area contributed by atoms with Gasteiger partial charge in [-0.3, -0.25) is 0 Å². The smallest absolute Gasteiger partial charge is 0.180 e. The van der Waals surface area contributed by atoms with Crippen LogP contribution in [0.5, 0.6) is 0 Å². The summed E-state index contributed by atoms with van der Waals surface area (Å²) in [5, 5.41) is 3.12. The van der Waals surface area contributed by atoms with Crippen LogP contribution in [0.2, 0.25) is 0 Å². The fraction of sp³-hybridized carbons (Fsp3) is 0.385. The van der Waals surface area contributed by atoms with Crippen molar-refractivity contribution in [1.29, 1.82) is 0 Å². The second-order valence-electron chi connectivity index (χ2n) is 5.15. The molecule has 0 unspecified atom stereocenters. The van der Waals surface area contributed by atoms with Crippen LogP contribution < -0.4 is 5.32 Å². The van der Waals surface area contributed by atoms with Gasteiger partial charge in [-0.1, -0.05) is 20.8 Å². The summed E-state index contributed by atoms with van der Waals surface area (Å²) < 4.78 is 1.05. The Morgan fingerprint density at radius 3 is 2.47 bits per heavy atom. The van der Waals surface area contributed by atoms with Crippen LogP contribution in [-0.4, -0.2) is 27.0 Å². The van der Waals surface area contributed by atoms with Gasteiger partial charge in [-0.05, 0) is 28.7 Å². The van der Waals surface area contributed by atoms with Gasteiger partial charge in [0.05, 0.1) is 9.26 Å². The SMILES string of the molecule is CNc1nc(-c2ccncn2)nc(C(C)(C)C)c1I. The van der Waals surface area contributed by atoms with Crippen LogP contribution in [0.25, 0.3) is 11.5 Å². The highest BCUT2D eigenvalue weighted by Crippen LogP contribution is 2.30. The molecule has 6 heteroatoms. The lowest BCUT2D eigenvalue weighted by molar-refractivity contribution is 0.564. The Kier molecular flexibility index (Phi) is 3.98. The zero-order chi connectivity index (χ0) is 14.0. The van der Waals surface area contributed by atoms with Crippen molar-refractivity contribution in [2.75, 3.05) is 12.4 Å². The minimum Gasteiger partial charge on any atom is -0.372 e. The summed E-state index contributed by atoms with van der Waals surface area (Å²) in [5.41, 5.74) is 1.70. The average Bonchev–Trinajstić information content (AvgIpc) is 2.38. The molecule has 0 amide bonds. The van der Waals surface area contributed by atoms with E-state index in [-0.39, 0.29) is 5.41 Å². The summed E-state index contributed by atoms with van der Waals surface area (Å²) in [6.07, 6.45) is 3.20. The number of halogens is 1. The van der Waals surface area contributed by atoms with Gasteiger partial charge in [-0.25, -0.2) is 19.9 Å². The zero-order valence-electron chi connectivity index (χ0n) is 11.4. The molecule has 5 nitrogen and oxygen atoms in total. The molecule has 2 aromatic heterocycles. The summed E-state index contributed by atoms with van der Waals surface area (Å²) in [5.74, 6) is 1.45. The molecule has 2 aromatic rings. The van der Waals surface area contributed by atoms with Gasteiger partial charge in [0.25, 0.3) is 0 Å². The summed E-state index contributed by atoms with van der Waals surface area (Å²) in [4.78, 5) is 17.3. The van der Waals surface area contributed by atoms with Crippen LogP contribution in [-0.2, 0) is 5.41 Å². The monoisotopic (exact) mass is 369 g/mol. The van der Waals surface area contributed by atoms with Crippen LogP contribution in [0.3, 0.4) is 0 Å². The molecule has 100 valence electrons. The van der Waals surface area contributed by atoms with Crippen molar-refractivity contribution in [3.63, 3.8) is 0 Å². The van der Waals surface area contributed by atoms with Crippen molar-refractivity contribution >= 4 is 28.4 Å². The van der Waals surface area contributed by atoms with E-state index < -0.39 is 0 Å². The van der Waals surface area contributed by atoms with Gasteiger partial charge in [-0.2, -0.15) is 0 Å². The highest BCUT2D eigenvalue weighted by Gasteiger charge is 2.23. The molecule has 0 aliphatic heterocycles. The summed E-state index contributed by atoms with van der Waals surface area (Å²) in [6.45, 7) is 6.42. The van der Waals surface area contributed by atoms with E-state index in [1.54, 1.807) is 6.20 Å². The molecule has 2 heterocycles. The summed E-state index contributed by atoms with van der Waals surface area (Å²) in [7, 11) is 1.86. The molecule has 0 aliphatic carbocycles. The lowest BCUT2D eigenvalue weighted by Gasteiger charge is -2.21. The zero-order valence-corrected chi connectivity index (χ0v) is 13.6. The Morgan fingerprint density at radius 1 is 1.21 bits per heavy atom. The number of aromatic nitrogens is 4. The third-order valence-electron chi connectivity index (χ3n) is 2.61. The maximum Gasteiger partial charge on any atom is 0.180 e. The molecule has 0 radical (unpaired) electrons. The lowest BCUT2D eigenvalue weighted by Crippen LogP contribution is -2.18. The Hall–Kier alpha value is -1.31. The molecule has 0 aromatic carbocycles. The fourth-order valence-corrected chi connectivity index (χ4v) is 2.97. The van der Waals surface area contributed by atoms with E-state index in [4.69, 9.17) is 0 Å². The molecule has 0 aliphatic rings. The molecule has 0 atom stereocenters. The first-order valence-electron chi connectivity index (χ1n) is 5.95. The first-order chi connectivity index (χ1) is 8.93. The van der Waals surface area contributed by atoms with Crippen molar-refractivity contribution in [2.45, 2.75) is 26.2 Å². The van der Waals surface area contributed by atoms with E-state index in [1.807, 2.05) is 13.1 Å². The first kappa shape index (κ1) is 14.1. The topological polar surface area (TPSA) is 63.6 Å². The van der Waals surface area contributed by atoms with Gasteiger partial charge in [0.15, 0.2) is 5.82 Å². The molecule has 19 heavy (non-hydrogen) atoms. The van der Waals surface area contributed by atoms with Crippen molar-refractivity contribution < 1.29 is 0 Å². The molecule has 0 bridgehead atoms. The first-order valence-corrected chi connectivity index (χ1v) is 7.03. The number of hydrogen-bond donors (Lipinski definition) is 1. The normalized spacial score (nSPS) is 11.4. The minimum absolute atomic E-state index is 0.0488. The molecular weight excluding hydrogens is 353 g/mol. The van der Waals surface area contributed by atoms with E-state index in [2.05, 4.69) is 68.6 Å². The molecule has 1 N–H and O–H groups in total. The van der Waals surface area contributed by atoms with Crippen molar-refractivity contribution in [1.82, 2.24) is 19.9 Å². The van der Waals surface area contributed by atoms with Crippen LogP contribution in [0.15, 0.2) is 18.6 Å². The maximum atomic E-state index is 4.67. The molecular formula is C13H16IN5. The van der Waals surface area contributed by atoms with Gasteiger partial charge < -0.3 is 5.32 Å². The van der Waals surface area contributed by atoms with Crippen molar-refractivity contribution in [2.24, 2.45) is 0 Å². The van der Waals surface area contributed by atoms with E-state index in [9.17, 15) is 0 Å². The minimum atomic E-state index is -0.0488. The van der Waals surface area contributed by atoms with Crippen molar-refractivity contribution in [3.8, 4) is 11.5 Å². The predicted octanol–water partition coefficient (Wildman–Crippen LogP) is 2.88. The number of nitrogens with zero attached hydrogens (tertiary/aromatic N) is 4. The number of anilines is 1. The lowest BCUT2D eigenvalue weighted by atomic mass is 9.92. The highest BCUT2D eigenvalue weighted by atomic mass is 127. The second kappa shape index (κ2) is 5.36. The molecule has 0 saturated heterocycles. The van der Waals surface area contributed by atoms with Crippen LogP contribution in [0.1, 0.15) is 26.5 Å². The summed E-state index contributed by atoms with van der Waals surface area (Å²) in [6, 6.07) is 1.81. The van der Waals surface area contributed by atoms with E-state index >= 15 is 0 Å². The standard InChI is InChI=1S/C13H16IN5/c1-13(2,3)10-9(14)12(15-4)19-11(18-10)8-5-6-16-7-17-8/h5-7H,1-4H3,(H,15,18,19). The van der Waals surface area contributed by atoms with Crippen LogP contribution in [0, 0.1) is 3.57 Å². The third kappa shape index (κ3) is 2.99. The van der Waals surface area contributed by atoms with Crippen LogP contribution in [0.4, 0.5) is 5.82 Å². The van der Waals surface area contributed by atoms with Gasteiger partial charge in [0.1, 0.15) is 17.8 Å². The molecule has 2 rings (SSSR count). The molecule has 0 spiro atoms. The van der Waals surface area contributed by atoms with Gasteiger partial charge in [0.2, 0.25) is 0 Å². The highest BCUT2D eigenvalue weighted by molar-refractivity contribution is 14.1. The summed E-state index contributed by atoms with van der Waals surface area (Å²) >= 11 is 2.28. The van der Waals surface area contributed by atoms with Crippen LogP contribution >= 0.6 is 22.6 Å². The average molecular weight is 369 g/mol. The fourth-order valence-electron chi connectivity index (χ4n) is 1.65. The quantitative estimate of drug-likeness (QED) is 0.825. The maximum absolute atomic E-state index is 4.67.